The monoisotopic (exact) mass is 322 g/mol. The normalized spacial score (nSPS) is 34.6. The first-order valence-corrected chi connectivity index (χ1v) is 11.6. The second-order valence-electron chi connectivity index (χ2n) is 8.19. The van der Waals surface area contributed by atoms with Gasteiger partial charge in [0.05, 0.1) is 13.2 Å². The number of fused-ring (bicyclic) bond motifs is 2. The molecule has 2 fully saturated rings. The summed E-state index contributed by atoms with van der Waals surface area (Å²) < 4.78 is 11.8. The van der Waals surface area contributed by atoms with Crippen LogP contribution in [0.2, 0.25) is 12.1 Å². The fourth-order valence-electron chi connectivity index (χ4n) is 4.62. The minimum Gasteiger partial charge on any atom is -0.419 e. The van der Waals surface area contributed by atoms with Crippen LogP contribution in [0.5, 0.6) is 0 Å². The highest BCUT2D eigenvalue weighted by molar-refractivity contribution is 6.51. The molecule has 0 aromatic carbocycles. The molecule has 22 heavy (non-hydrogen) atoms. The van der Waals surface area contributed by atoms with Gasteiger partial charge in [0, 0.05) is 12.0 Å². The Hall–Kier alpha value is -0.123. The van der Waals surface area contributed by atoms with Gasteiger partial charge in [0.25, 0.3) is 0 Å². The fraction of sp³-hybridized carbons (Fsp3) is 0.895. The molecule has 5 atom stereocenters. The Bertz CT molecular complexity index is 385. The Balaban J connectivity index is 1.40. The van der Waals surface area contributed by atoms with Crippen molar-refractivity contribution in [2.75, 3.05) is 19.8 Å². The van der Waals surface area contributed by atoms with Crippen molar-refractivity contribution in [3.05, 3.63) is 12.2 Å². The van der Waals surface area contributed by atoms with Gasteiger partial charge in [-0.15, -0.1) is 0 Å². The highest BCUT2D eigenvalue weighted by Crippen LogP contribution is 2.47. The molecule has 3 heteroatoms. The van der Waals surface area contributed by atoms with E-state index in [4.69, 9.17) is 9.16 Å². The summed E-state index contributed by atoms with van der Waals surface area (Å²) in [6.45, 7) is 9.90. The van der Waals surface area contributed by atoms with Gasteiger partial charge in [-0.25, -0.2) is 0 Å². The summed E-state index contributed by atoms with van der Waals surface area (Å²) in [5.41, 5.74) is 0.363. The van der Waals surface area contributed by atoms with Gasteiger partial charge in [-0.3, -0.25) is 0 Å². The number of hydrogen-bond acceptors (Lipinski definition) is 2. The van der Waals surface area contributed by atoms with Crippen molar-refractivity contribution in [3.63, 3.8) is 0 Å². The van der Waals surface area contributed by atoms with Crippen molar-refractivity contribution < 1.29 is 9.16 Å². The Morgan fingerprint density at radius 3 is 2.59 bits per heavy atom. The largest absolute Gasteiger partial charge is 0.419 e. The molecule has 0 spiro atoms. The van der Waals surface area contributed by atoms with E-state index in [1.54, 1.807) is 0 Å². The number of hydrogen-bond donors (Lipinski definition) is 0. The maximum absolute atomic E-state index is 6.41. The van der Waals surface area contributed by atoms with Crippen molar-refractivity contribution in [3.8, 4) is 0 Å². The minimum absolute atomic E-state index is 0.363. The number of ether oxygens (including phenoxy) is 1. The molecule has 1 aliphatic heterocycles. The lowest BCUT2D eigenvalue weighted by Crippen LogP contribution is -2.46. The third-order valence-corrected chi connectivity index (χ3v) is 9.18. The molecule has 2 bridgehead atoms. The molecule has 0 amide bonds. The number of allylic oxidation sites excluding steroid dienone is 2. The van der Waals surface area contributed by atoms with E-state index in [0.717, 1.165) is 43.5 Å². The molecular formula is C19H34O2Si. The zero-order valence-corrected chi connectivity index (χ0v) is 15.9. The van der Waals surface area contributed by atoms with Crippen LogP contribution in [0.25, 0.3) is 0 Å². The van der Waals surface area contributed by atoms with Crippen LogP contribution in [-0.4, -0.2) is 28.9 Å². The van der Waals surface area contributed by atoms with Gasteiger partial charge >= 0.3 is 0 Å². The zero-order valence-electron chi connectivity index (χ0n) is 14.7. The summed E-state index contributed by atoms with van der Waals surface area (Å²) in [6.07, 6.45) is 10.5. The Labute approximate surface area is 138 Å². The summed E-state index contributed by atoms with van der Waals surface area (Å²) in [5.74, 6) is 3.66. The summed E-state index contributed by atoms with van der Waals surface area (Å²) in [4.78, 5) is 0. The van der Waals surface area contributed by atoms with Gasteiger partial charge in [-0.05, 0) is 55.0 Å². The van der Waals surface area contributed by atoms with Crippen LogP contribution < -0.4 is 0 Å². The van der Waals surface area contributed by atoms with Crippen LogP contribution in [0.15, 0.2) is 12.2 Å². The van der Waals surface area contributed by atoms with Crippen LogP contribution in [0.4, 0.5) is 0 Å². The molecule has 3 aliphatic rings. The average Bonchev–Trinajstić information content (AvgIpc) is 3.12. The van der Waals surface area contributed by atoms with Gasteiger partial charge in [-0.2, -0.15) is 0 Å². The first kappa shape index (κ1) is 16.7. The van der Waals surface area contributed by atoms with Crippen molar-refractivity contribution >= 4 is 9.04 Å². The molecule has 0 radical (unpaired) electrons. The quantitative estimate of drug-likeness (QED) is 0.462. The third-order valence-electron chi connectivity index (χ3n) is 6.65. The molecule has 3 rings (SSSR count). The summed E-state index contributed by atoms with van der Waals surface area (Å²) >= 11 is 0. The van der Waals surface area contributed by atoms with E-state index < -0.39 is 9.04 Å². The zero-order chi connectivity index (χ0) is 15.6. The van der Waals surface area contributed by atoms with Crippen LogP contribution in [0, 0.1) is 29.1 Å². The van der Waals surface area contributed by atoms with Gasteiger partial charge in [0.2, 0.25) is 0 Å². The molecular weight excluding hydrogens is 288 g/mol. The van der Waals surface area contributed by atoms with E-state index in [9.17, 15) is 0 Å². The highest BCUT2D eigenvalue weighted by atomic mass is 28.3. The van der Waals surface area contributed by atoms with E-state index in [-0.39, 0.29) is 0 Å². The summed E-state index contributed by atoms with van der Waals surface area (Å²) in [5, 5.41) is 0. The van der Waals surface area contributed by atoms with Crippen LogP contribution in [0.3, 0.4) is 0 Å². The summed E-state index contributed by atoms with van der Waals surface area (Å²) in [6, 6.07) is 2.65. The van der Waals surface area contributed by atoms with E-state index in [2.05, 4.69) is 32.9 Å². The standard InChI is InChI=1S/C19H34O2Si/c1-4-19(12-20-13-19)14-21-22(5-2)9-8-15(3)18-11-16-6-7-17(18)10-16/h6-7,15-18,22H,4-5,8-14H2,1-3H3. The first-order valence-electron chi connectivity index (χ1n) is 9.53. The van der Waals surface area contributed by atoms with E-state index in [0.29, 0.717) is 5.41 Å². The van der Waals surface area contributed by atoms with Crippen molar-refractivity contribution in [2.24, 2.45) is 29.1 Å². The van der Waals surface area contributed by atoms with Gasteiger partial charge in [-0.1, -0.05) is 39.3 Å². The Kier molecular flexibility index (Phi) is 5.46. The second-order valence-corrected chi connectivity index (χ2v) is 11.2. The topological polar surface area (TPSA) is 18.5 Å². The predicted molar refractivity (Wildman–Crippen MR) is 94.6 cm³/mol. The van der Waals surface area contributed by atoms with E-state index in [1.807, 2.05) is 0 Å². The fourth-order valence-corrected chi connectivity index (χ4v) is 6.92. The molecule has 1 saturated carbocycles. The summed E-state index contributed by atoms with van der Waals surface area (Å²) in [7, 11) is -0.997. The van der Waals surface area contributed by atoms with Gasteiger partial charge in [0.15, 0.2) is 9.04 Å². The smallest absolute Gasteiger partial charge is 0.176 e. The second kappa shape index (κ2) is 7.19. The molecule has 0 N–H and O–H groups in total. The maximum atomic E-state index is 6.41. The lowest BCUT2D eigenvalue weighted by Gasteiger charge is -2.41. The van der Waals surface area contributed by atoms with Crippen molar-refractivity contribution in [2.45, 2.75) is 58.5 Å². The molecule has 0 aromatic heterocycles. The number of rotatable bonds is 9. The average molecular weight is 323 g/mol. The molecule has 1 heterocycles. The predicted octanol–water partition coefficient (Wildman–Crippen LogP) is 4.41. The van der Waals surface area contributed by atoms with Crippen LogP contribution in [-0.2, 0) is 9.16 Å². The lowest BCUT2D eigenvalue weighted by atomic mass is 9.82. The molecule has 2 nitrogen and oxygen atoms in total. The Morgan fingerprint density at radius 2 is 2.09 bits per heavy atom. The van der Waals surface area contributed by atoms with Crippen molar-refractivity contribution in [1.29, 1.82) is 0 Å². The molecule has 2 aliphatic carbocycles. The minimum atomic E-state index is -0.997. The van der Waals surface area contributed by atoms with E-state index in [1.165, 1.54) is 37.8 Å². The van der Waals surface area contributed by atoms with E-state index >= 15 is 0 Å². The molecule has 126 valence electrons. The maximum Gasteiger partial charge on any atom is 0.176 e. The van der Waals surface area contributed by atoms with Crippen LogP contribution in [0.1, 0.15) is 46.5 Å². The third kappa shape index (κ3) is 3.52. The Morgan fingerprint density at radius 1 is 1.27 bits per heavy atom. The van der Waals surface area contributed by atoms with Crippen molar-refractivity contribution in [1.82, 2.24) is 0 Å². The molecule has 0 aromatic rings. The highest BCUT2D eigenvalue weighted by Gasteiger charge is 2.39. The SMILES string of the molecule is CC[SiH](CCC(C)C1CC2C=CC1C2)OCC1(CC)COC1. The van der Waals surface area contributed by atoms with Gasteiger partial charge in [0.1, 0.15) is 0 Å². The first-order chi connectivity index (χ1) is 10.7. The molecule has 5 unspecified atom stereocenters. The van der Waals surface area contributed by atoms with Crippen LogP contribution >= 0.6 is 0 Å². The molecule has 1 saturated heterocycles. The lowest BCUT2D eigenvalue weighted by molar-refractivity contribution is -0.134. The van der Waals surface area contributed by atoms with Gasteiger partial charge < -0.3 is 9.16 Å².